The van der Waals surface area contributed by atoms with Gasteiger partial charge in [0.25, 0.3) is 5.91 Å². The fraction of sp³-hybridized carbons (Fsp3) is 0.143. The number of pyridine rings is 1. The average molecular weight is 385 g/mol. The van der Waals surface area contributed by atoms with Crippen molar-refractivity contribution in [3.8, 4) is 0 Å². The smallest absolute Gasteiger partial charge is 0.354 e. The Hall–Kier alpha value is -3.35. The number of aromatic nitrogens is 1. The number of hydrogen-bond acceptors (Lipinski definition) is 3. The second kappa shape index (κ2) is 7.72. The van der Waals surface area contributed by atoms with Crippen molar-refractivity contribution in [2.45, 2.75) is 20.0 Å². The largest absolute Gasteiger partial charge is 0.416 e. The van der Waals surface area contributed by atoms with Crippen LogP contribution in [0.25, 0.3) is 0 Å². The molecule has 0 bridgehead atoms. The lowest BCUT2D eigenvalue weighted by molar-refractivity contribution is -0.137. The fourth-order valence-corrected chi connectivity index (χ4v) is 2.79. The highest BCUT2D eigenvalue weighted by Crippen LogP contribution is 2.30. The molecule has 28 heavy (non-hydrogen) atoms. The lowest BCUT2D eigenvalue weighted by Gasteiger charge is -2.11. The molecule has 144 valence electrons. The van der Waals surface area contributed by atoms with Gasteiger partial charge in [0.2, 0.25) is 0 Å². The van der Waals surface area contributed by atoms with Crippen LogP contribution >= 0.6 is 0 Å². The SMILES string of the molecule is Cc1cc(C)cc(Nc2cncc(C(=O)Nc3ccc(C(F)(F)F)cc3)c2)c1. The van der Waals surface area contributed by atoms with Gasteiger partial charge in [0.05, 0.1) is 23.0 Å². The predicted octanol–water partition coefficient (Wildman–Crippen LogP) is 5.71. The van der Waals surface area contributed by atoms with E-state index in [1.165, 1.54) is 18.3 Å². The van der Waals surface area contributed by atoms with E-state index in [4.69, 9.17) is 0 Å². The van der Waals surface area contributed by atoms with Crippen molar-refractivity contribution in [3.63, 3.8) is 0 Å². The molecule has 0 aliphatic rings. The van der Waals surface area contributed by atoms with Gasteiger partial charge < -0.3 is 10.6 Å². The van der Waals surface area contributed by atoms with Crippen LogP contribution < -0.4 is 10.6 Å². The number of nitrogens with zero attached hydrogens (tertiary/aromatic N) is 1. The number of alkyl halides is 3. The molecular formula is C21H18F3N3O. The van der Waals surface area contributed by atoms with Crippen LogP contribution in [0.15, 0.2) is 60.9 Å². The molecule has 1 heterocycles. The third-order valence-corrected chi connectivity index (χ3v) is 3.98. The molecule has 2 aromatic carbocycles. The van der Waals surface area contributed by atoms with Crippen LogP contribution in [0.1, 0.15) is 27.0 Å². The van der Waals surface area contributed by atoms with Gasteiger partial charge >= 0.3 is 6.18 Å². The molecule has 0 unspecified atom stereocenters. The van der Waals surface area contributed by atoms with E-state index in [2.05, 4.69) is 21.7 Å². The molecule has 1 aromatic heterocycles. The van der Waals surface area contributed by atoms with Crippen LogP contribution in [-0.4, -0.2) is 10.9 Å². The van der Waals surface area contributed by atoms with E-state index in [1.807, 2.05) is 26.0 Å². The Bertz CT molecular complexity index is 978. The van der Waals surface area contributed by atoms with E-state index < -0.39 is 17.6 Å². The Labute approximate surface area is 160 Å². The van der Waals surface area contributed by atoms with Crippen LogP contribution in [0.2, 0.25) is 0 Å². The second-order valence-electron chi connectivity index (χ2n) is 6.49. The summed E-state index contributed by atoms with van der Waals surface area (Å²) in [6.07, 6.45) is -1.43. The Morgan fingerprint density at radius 3 is 2.11 bits per heavy atom. The Balaban J connectivity index is 1.73. The van der Waals surface area contributed by atoms with Crippen molar-refractivity contribution in [3.05, 3.63) is 83.2 Å². The van der Waals surface area contributed by atoms with Crippen LogP contribution in [0.3, 0.4) is 0 Å². The van der Waals surface area contributed by atoms with Gasteiger partial charge in [-0.25, -0.2) is 0 Å². The number of hydrogen-bond donors (Lipinski definition) is 2. The van der Waals surface area contributed by atoms with Gasteiger partial charge in [0.1, 0.15) is 0 Å². The van der Waals surface area contributed by atoms with Crippen molar-refractivity contribution >= 4 is 23.0 Å². The topological polar surface area (TPSA) is 54.0 Å². The van der Waals surface area contributed by atoms with E-state index >= 15 is 0 Å². The first-order valence-electron chi connectivity index (χ1n) is 8.50. The summed E-state index contributed by atoms with van der Waals surface area (Å²) in [5, 5.41) is 5.77. The lowest BCUT2D eigenvalue weighted by atomic mass is 10.1. The minimum Gasteiger partial charge on any atom is -0.354 e. The van der Waals surface area contributed by atoms with Crippen molar-refractivity contribution in [2.75, 3.05) is 10.6 Å². The van der Waals surface area contributed by atoms with Crippen molar-refractivity contribution in [1.29, 1.82) is 0 Å². The minimum atomic E-state index is -4.42. The molecule has 0 spiro atoms. The van der Waals surface area contributed by atoms with Crippen LogP contribution in [-0.2, 0) is 6.18 Å². The number of carbonyl (C=O) groups excluding carboxylic acids is 1. The molecule has 0 atom stereocenters. The van der Waals surface area contributed by atoms with E-state index in [9.17, 15) is 18.0 Å². The molecule has 0 radical (unpaired) electrons. The van der Waals surface area contributed by atoms with E-state index in [1.54, 1.807) is 12.3 Å². The summed E-state index contributed by atoms with van der Waals surface area (Å²) in [6, 6.07) is 11.9. The molecule has 0 aliphatic heterocycles. The maximum absolute atomic E-state index is 12.6. The number of amides is 1. The monoisotopic (exact) mass is 385 g/mol. The van der Waals surface area contributed by atoms with Crippen LogP contribution in [0.4, 0.5) is 30.2 Å². The summed E-state index contributed by atoms with van der Waals surface area (Å²) in [4.78, 5) is 16.5. The Morgan fingerprint density at radius 2 is 1.50 bits per heavy atom. The molecule has 2 N–H and O–H groups in total. The summed E-state index contributed by atoms with van der Waals surface area (Å²) in [6.45, 7) is 3.98. The molecule has 1 amide bonds. The van der Waals surface area contributed by atoms with E-state index in [0.717, 1.165) is 28.9 Å². The number of benzene rings is 2. The number of halogens is 3. The number of carbonyl (C=O) groups is 1. The molecule has 3 rings (SSSR count). The minimum absolute atomic E-state index is 0.269. The number of aryl methyl sites for hydroxylation is 2. The third kappa shape index (κ3) is 4.88. The zero-order valence-electron chi connectivity index (χ0n) is 15.3. The number of rotatable bonds is 4. The normalized spacial score (nSPS) is 11.2. The zero-order valence-corrected chi connectivity index (χ0v) is 15.3. The quantitative estimate of drug-likeness (QED) is 0.605. The lowest BCUT2D eigenvalue weighted by Crippen LogP contribution is -2.13. The fourth-order valence-electron chi connectivity index (χ4n) is 2.79. The summed E-state index contributed by atoms with van der Waals surface area (Å²) in [5.74, 6) is -0.462. The molecule has 0 saturated heterocycles. The second-order valence-corrected chi connectivity index (χ2v) is 6.49. The highest BCUT2D eigenvalue weighted by atomic mass is 19.4. The molecule has 7 heteroatoms. The standard InChI is InChI=1S/C21H18F3N3O/c1-13-7-14(2)9-18(8-13)26-19-10-15(11-25-12-19)20(28)27-17-5-3-16(4-6-17)21(22,23)24/h3-12,26H,1-2H3,(H,27,28). The molecule has 4 nitrogen and oxygen atoms in total. The van der Waals surface area contributed by atoms with Gasteiger partial charge in [0, 0.05) is 17.6 Å². The zero-order chi connectivity index (χ0) is 20.3. The highest BCUT2D eigenvalue weighted by molar-refractivity contribution is 6.04. The first-order chi connectivity index (χ1) is 13.2. The van der Waals surface area contributed by atoms with Gasteiger partial charge in [-0.3, -0.25) is 9.78 Å². The predicted molar refractivity (Wildman–Crippen MR) is 103 cm³/mol. The van der Waals surface area contributed by atoms with Gasteiger partial charge in [-0.15, -0.1) is 0 Å². The summed E-state index contributed by atoms with van der Waals surface area (Å²) < 4.78 is 37.9. The summed E-state index contributed by atoms with van der Waals surface area (Å²) >= 11 is 0. The first-order valence-corrected chi connectivity index (χ1v) is 8.50. The van der Waals surface area contributed by atoms with Crippen molar-refractivity contribution in [2.24, 2.45) is 0 Å². The van der Waals surface area contributed by atoms with Gasteiger partial charge in [0.15, 0.2) is 0 Å². The summed E-state index contributed by atoms with van der Waals surface area (Å²) in [5.41, 5.74) is 3.50. The summed E-state index contributed by atoms with van der Waals surface area (Å²) in [7, 11) is 0. The van der Waals surface area contributed by atoms with Crippen LogP contribution in [0.5, 0.6) is 0 Å². The van der Waals surface area contributed by atoms with Gasteiger partial charge in [-0.1, -0.05) is 6.07 Å². The van der Waals surface area contributed by atoms with Crippen LogP contribution in [0, 0.1) is 13.8 Å². The number of nitrogens with one attached hydrogen (secondary N) is 2. The van der Waals surface area contributed by atoms with E-state index in [0.29, 0.717) is 5.69 Å². The maximum Gasteiger partial charge on any atom is 0.416 e. The Kier molecular flexibility index (Phi) is 5.35. The molecule has 3 aromatic rings. The van der Waals surface area contributed by atoms with Crippen molar-refractivity contribution < 1.29 is 18.0 Å². The van der Waals surface area contributed by atoms with Gasteiger partial charge in [-0.2, -0.15) is 13.2 Å². The molecule has 0 aliphatic carbocycles. The maximum atomic E-state index is 12.6. The van der Waals surface area contributed by atoms with Crippen molar-refractivity contribution in [1.82, 2.24) is 4.98 Å². The molecular weight excluding hydrogens is 367 g/mol. The van der Waals surface area contributed by atoms with E-state index in [-0.39, 0.29) is 11.3 Å². The molecule has 0 fully saturated rings. The van der Waals surface area contributed by atoms with Gasteiger partial charge in [-0.05, 0) is 67.4 Å². The Morgan fingerprint density at radius 1 is 0.857 bits per heavy atom. The first kappa shape index (κ1) is 19.4. The highest BCUT2D eigenvalue weighted by Gasteiger charge is 2.30. The molecule has 0 saturated carbocycles. The average Bonchev–Trinajstić information content (AvgIpc) is 2.61. The third-order valence-electron chi connectivity index (χ3n) is 3.98. The number of anilines is 3.